The van der Waals surface area contributed by atoms with Gasteiger partial charge in [0, 0.05) is 15.6 Å². The minimum Gasteiger partial charge on any atom is -0.487 e. The van der Waals surface area contributed by atoms with Gasteiger partial charge in [-0.3, -0.25) is 0 Å². The summed E-state index contributed by atoms with van der Waals surface area (Å²) in [5, 5.41) is 5.15. The maximum Gasteiger partial charge on any atom is 0.427 e. The number of amides is 1. The molecule has 0 aromatic heterocycles. The Labute approximate surface area is 154 Å². The summed E-state index contributed by atoms with van der Waals surface area (Å²) in [6, 6.07) is 10.4. The summed E-state index contributed by atoms with van der Waals surface area (Å²) < 4.78 is 10.2. The number of hydrogen-bond acceptors (Lipinski definition) is 4. The number of methoxy groups -OCH3 is 1. The number of carbonyl (C=O) groups excluding carboxylic acids is 1. The number of nitrogens with zero attached hydrogens (tertiary/aromatic N) is 1. The maximum absolute atomic E-state index is 11.0. The van der Waals surface area contributed by atoms with E-state index in [1.165, 1.54) is 13.3 Å². The number of benzene rings is 2. The van der Waals surface area contributed by atoms with Crippen molar-refractivity contribution in [2.24, 2.45) is 5.10 Å². The monoisotopic (exact) mass is 386 g/mol. The van der Waals surface area contributed by atoms with Crippen molar-refractivity contribution in [3.8, 4) is 5.75 Å². The van der Waals surface area contributed by atoms with Crippen LogP contribution in [-0.2, 0) is 11.3 Å². The van der Waals surface area contributed by atoms with E-state index in [0.717, 1.165) is 5.56 Å². The highest BCUT2D eigenvalue weighted by Gasteiger charge is 2.10. The molecular formula is C16H13Cl3N2O3. The number of carbonyl (C=O) groups is 1. The van der Waals surface area contributed by atoms with Crippen LogP contribution in [0, 0.1) is 0 Å². The predicted molar refractivity (Wildman–Crippen MR) is 95.4 cm³/mol. The first-order valence-electron chi connectivity index (χ1n) is 6.73. The van der Waals surface area contributed by atoms with Crippen LogP contribution in [0.4, 0.5) is 4.79 Å². The number of hydrogen-bond donors (Lipinski definition) is 1. The molecule has 0 atom stereocenters. The standard InChI is InChI=1S/C16H13Cl3N2O3/c1-23-16(22)21-20-8-11-6-13(18)7-14(19)15(11)24-9-10-2-4-12(17)5-3-10/h2-8H,9H2,1H3,(H,21,22)/b20-8-. The molecule has 5 nitrogen and oxygen atoms in total. The van der Waals surface area contributed by atoms with Crippen molar-refractivity contribution in [3.05, 3.63) is 62.6 Å². The Bertz CT molecular complexity index is 749. The molecule has 0 saturated carbocycles. The van der Waals surface area contributed by atoms with E-state index in [1.807, 2.05) is 12.1 Å². The number of hydrazone groups is 1. The summed E-state index contributed by atoms with van der Waals surface area (Å²) in [4.78, 5) is 11.0. The number of halogens is 3. The maximum atomic E-state index is 11.0. The number of rotatable bonds is 5. The van der Waals surface area contributed by atoms with Gasteiger partial charge >= 0.3 is 6.09 Å². The van der Waals surface area contributed by atoms with E-state index >= 15 is 0 Å². The molecule has 126 valence electrons. The Hall–Kier alpha value is -1.95. The number of ether oxygens (including phenoxy) is 2. The van der Waals surface area contributed by atoms with Crippen LogP contribution < -0.4 is 10.2 Å². The average Bonchev–Trinajstić information content (AvgIpc) is 2.55. The molecule has 0 saturated heterocycles. The van der Waals surface area contributed by atoms with E-state index in [9.17, 15) is 4.79 Å². The van der Waals surface area contributed by atoms with Gasteiger partial charge in [-0.25, -0.2) is 10.2 Å². The molecule has 0 bridgehead atoms. The second-order valence-electron chi connectivity index (χ2n) is 4.58. The van der Waals surface area contributed by atoms with Gasteiger partial charge in [-0.1, -0.05) is 46.9 Å². The van der Waals surface area contributed by atoms with Crippen LogP contribution in [0.1, 0.15) is 11.1 Å². The fourth-order valence-electron chi connectivity index (χ4n) is 1.76. The Balaban J connectivity index is 2.18. The van der Waals surface area contributed by atoms with Crippen LogP contribution in [-0.4, -0.2) is 19.4 Å². The fourth-order valence-corrected chi connectivity index (χ4v) is 2.45. The van der Waals surface area contributed by atoms with Crippen molar-refractivity contribution >= 4 is 47.1 Å². The third-order valence-corrected chi connectivity index (χ3v) is 3.63. The average molecular weight is 388 g/mol. The Morgan fingerprint density at radius 1 is 1.17 bits per heavy atom. The van der Waals surface area contributed by atoms with Gasteiger partial charge in [-0.05, 0) is 29.8 Å². The summed E-state index contributed by atoms with van der Waals surface area (Å²) in [6.45, 7) is 0.282. The largest absolute Gasteiger partial charge is 0.487 e. The molecule has 1 amide bonds. The predicted octanol–water partition coefficient (Wildman–Crippen LogP) is 4.92. The molecule has 0 aliphatic carbocycles. The summed E-state index contributed by atoms with van der Waals surface area (Å²) in [5.41, 5.74) is 3.61. The molecule has 2 aromatic rings. The van der Waals surface area contributed by atoms with Crippen LogP contribution in [0.2, 0.25) is 15.1 Å². The van der Waals surface area contributed by atoms with Crippen LogP contribution in [0.5, 0.6) is 5.75 Å². The highest BCUT2D eigenvalue weighted by molar-refractivity contribution is 6.36. The molecule has 8 heteroatoms. The smallest absolute Gasteiger partial charge is 0.427 e. The van der Waals surface area contributed by atoms with Crippen molar-refractivity contribution < 1.29 is 14.3 Å². The Kier molecular flexibility index (Phi) is 6.73. The van der Waals surface area contributed by atoms with Gasteiger partial charge in [0.1, 0.15) is 12.4 Å². The minimum atomic E-state index is -0.692. The zero-order valence-electron chi connectivity index (χ0n) is 12.6. The van der Waals surface area contributed by atoms with Gasteiger partial charge < -0.3 is 9.47 Å². The van der Waals surface area contributed by atoms with Gasteiger partial charge in [0.25, 0.3) is 0 Å². The van der Waals surface area contributed by atoms with Gasteiger partial charge in [-0.15, -0.1) is 0 Å². The first kappa shape index (κ1) is 18.4. The molecule has 2 rings (SSSR count). The normalized spacial score (nSPS) is 10.7. The van der Waals surface area contributed by atoms with Crippen LogP contribution in [0.15, 0.2) is 41.5 Å². The van der Waals surface area contributed by atoms with Gasteiger partial charge in [-0.2, -0.15) is 5.10 Å². The van der Waals surface area contributed by atoms with Gasteiger partial charge in [0.15, 0.2) is 0 Å². The minimum absolute atomic E-state index is 0.282. The van der Waals surface area contributed by atoms with E-state index in [0.29, 0.717) is 26.4 Å². The van der Waals surface area contributed by atoms with Crippen molar-refractivity contribution in [2.75, 3.05) is 7.11 Å². The second-order valence-corrected chi connectivity index (χ2v) is 5.86. The van der Waals surface area contributed by atoms with Crippen LogP contribution >= 0.6 is 34.8 Å². The van der Waals surface area contributed by atoms with Crippen molar-refractivity contribution in [2.45, 2.75) is 6.61 Å². The summed E-state index contributed by atoms with van der Waals surface area (Å²) in [7, 11) is 1.24. The first-order chi connectivity index (χ1) is 11.5. The summed E-state index contributed by atoms with van der Waals surface area (Å²) in [6.07, 6.45) is 0.675. The van der Waals surface area contributed by atoms with Crippen molar-refractivity contribution in [1.29, 1.82) is 0 Å². The molecule has 0 aliphatic rings. The summed E-state index contributed by atoms with van der Waals surface area (Å²) >= 11 is 18.0. The van der Waals surface area contributed by atoms with Crippen LogP contribution in [0.25, 0.3) is 0 Å². The molecule has 0 aliphatic heterocycles. The lowest BCUT2D eigenvalue weighted by Gasteiger charge is -2.12. The molecule has 2 aromatic carbocycles. The highest BCUT2D eigenvalue weighted by atomic mass is 35.5. The van der Waals surface area contributed by atoms with E-state index in [-0.39, 0.29) is 6.61 Å². The lowest BCUT2D eigenvalue weighted by molar-refractivity contribution is 0.171. The highest BCUT2D eigenvalue weighted by Crippen LogP contribution is 2.32. The molecule has 1 N–H and O–H groups in total. The lowest BCUT2D eigenvalue weighted by atomic mass is 10.2. The first-order valence-corrected chi connectivity index (χ1v) is 7.86. The van der Waals surface area contributed by atoms with E-state index in [2.05, 4.69) is 15.3 Å². The SMILES string of the molecule is COC(=O)N/N=C\c1cc(Cl)cc(Cl)c1OCc1ccc(Cl)cc1. The molecule has 0 radical (unpaired) electrons. The quantitative estimate of drug-likeness (QED) is 0.585. The van der Waals surface area contributed by atoms with Crippen molar-refractivity contribution in [1.82, 2.24) is 5.43 Å². The van der Waals surface area contributed by atoms with E-state index < -0.39 is 6.09 Å². The van der Waals surface area contributed by atoms with E-state index in [4.69, 9.17) is 39.5 Å². The Morgan fingerprint density at radius 2 is 1.88 bits per heavy atom. The molecule has 0 heterocycles. The molecular weight excluding hydrogens is 375 g/mol. The van der Waals surface area contributed by atoms with Crippen LogP contribution in [0.3, 0.4) is 0 Å². The number of nitrogens with one attached hydrogen (secondary N) is 1. The zero-order valence-corrected chi connectivity index (χ0v) is 14.8. The Morgan fingerprint density at radius 3 is 2.54 bits per heavy atom. The zero-order chi connectivity index (χ0) is 17.5. The molecule has 0 unspecified atom stereocenters. The van der Waals surface area contributed by atoms with Gasteiger partial charge in [0.2, 0.25) is 0 Å². The molecule has 0 spiro atoms. The fraction of sp³-hybridized carbons (Fsp3) is 0.125. The van der Waals surface area contributed by atoms with E-state index in [1.54, 1.807) is 24.3 Å². The third kappa shape index (κ3) is 5.30. The molecule has 0 fully saturated rings. The summed E-state index contributed by atoms with van der Waals surface area (Å²) in [5.74, 6) is 0.395. The van der Waals surface area contributed by atoms with Gasteiger partial charge in [0.05, 0.1) is 18.3 Å². The topological polar surface area (TPSA) is 59.9 Å². The third-order valence-electron chi connectivity index (χ3n) is 2.88. The lowest BCUT2D eigenvalue weighted by Crippen LogP contribution is -2.16. The van der Waals surface area contributed by atoms with Crippen molar-refractivity contribution in [3.63, 3.8) is 0 Å². The second kappa shape index (κ2) is 8.78. The molecule has 24 heavy (non-hydrogen) atoms.